The Kier molecular flexibility index (Phi) is 3.16. The van der Waals surface area contributed by atoms with Gasteiger partial charge in [0.05, 0.1) is 5.52 Å². The van der Waals surface area contributed by atoms with Gasteiger partial charge in [-0.2, -0.15) is 9.78 Å². The molecule has 0 N–H and O–H groups in total. The minimum absolute atomic E-state index is 0.0742. The fraction of sp³-hybridized carbons (Fsp3) is 0.188. The number of thioether (sulfide) groups is 1. The van der Waals surface area contributed by atoms with Crippen molar-refractivity contribution in [3.8, 4) is 10.4 Å². The number of rotatable bonds is 1. The van der Waals surface area contributed by atoms with Crippen molar-refractivity contribution in [3.63, 3.8) is 0 Å². The van der Waals surface area contributed by atoms with Crippen molar-refractivity contribution in [3.05, 3.63) is 46.2 Å². The number of fused-ring (bicyclic) bond motifs is 2. The first-order valence-electron chi connectivity index (χ1n) is 6.93. The molecule has 1 aliphatic heterocycles. The van der Waals surface area contributed by atoms with Crippen LogP contribution in [-0.4, -0.2) is 21.1 Å². The summed E-state index contributed by atoms with van der Waals surface area (Å²) in [7, 11) is 0. The summed E-state index contributed by atoms with van der Waals surface area (Å²) < 4.78 is 2.10. The number of benzene rings is 1. The Hall–Kier alpha value is -1.92. The van der Waals surface area contributed by atoms with E-state index in [1.807, 2.05) is 13.0 Å². The third-order valence-electron chi connectivity index (χ3n) is 3.51. The molecule has 0 spiro atoms. The van der Waals surface area contributed by atoms with Crippen molar-refractivity contribution in [1.82, 2.24) is 9.66 Å². The van der Waals surface area contributed by atoms with E-state index in [1.165, 1.54) is 21.6 Å². The molecular formula is C16H13N3OS2. The summed E-state index contributed by atoms with van der Waals surface area (Å²) in [6.45, 7) is 3.99. The number of nitrogens with zero attached hydrogens (tertiary/aromatic N) is 3. The highest BCUT2D eigenvalue weighted by Gasteiger charge is 2.18. The molecule has 0 saturated heterocycles. The Morgan fingerprint density at radius 3 is 2.73 bits per heavy atom. The molecule has 4 rings (SSSR count). The Morgan fingerprint density at radius 2 is 1.95 bits per heavy atom. The average molecular weight is 327 g/mol. The zero-order valence-corrected chi connectivity index (χ0v) is 13.8. The van der Waals surface area contributed by atoms with Crippen LogP contribution in [0.2, 0.25) is 0 Å². The molecule has 3 aromatic rings. The number of hydrogen-bond acceptors (Lipinski definition) is 5. The summed E-state index contributed by atoms with van der Waals surface area (Å²) in [6.07, 6.45) is 0. The predicted octanol–water partition coefficient (Wildman–Crippen LogP) is 3.76. The molecule has 2 aromatic heterocycles. The highest BCUT2D eigenvalue weighted by Crippen LogP contribution is 2.32. The highest BCUT2D eigenvalue weighted by atomic mass is 32.2. The van der Waals surface area contributed by atoms with Gasteiger partial charge in [-0.25, -0.2) is 4.98 Å². The standard InChI is InChI=1S/C16H13N3OS2/c1-9-3-5-11(6-4-9)13-7-12-14(22-13)15(20)19-16(17-12)21-8-10(2)18-19/h3-7H,8H2,1-2H3. The predicted molar refractivity (Wildman–Crippen MR) is 93.3 cm³/mol. The molecule has 0 atom stereocenters. The van der Waals surface area contributed by atoms with Crippen LogP contribution < -0.4 is 5.56 Å². The second-order valence-electron chi connectivity index (χ2n) is 5.33. The second kappa shape index (κ2) is 5.07. The lowest BCUT2D eigenvalue weighted by molar-refractivity contribution is 0.699. The molecule has 1 aromatic carbocycles. The molecule has 0 saturated carbocycles. The highest BCUT2D eigenvalue weighted by molar-refractivity contribution is 7.99. The third kappa shape index (κ3) is 2.19. The largest absolute Gasteiger partial charge is 0.292 e. The zero-order valence-electron chi connectivity index (χ0n) is 12.2. The molecule has 3 heterocycles. The summed E-state index contributed by atoms with van der Waals surface area (Å²) in [5.74, 6) is 0.785. The number of aryl methyl sites for hydroxylation is 1. The van der Waals surface area contributed by atoms with Crippen LogP contribution in [0.3, 0.4) is 0 Å². The summed E-state index contributed by atoms with van der Waals surface area (Å²) in [5, 5.41) is 5.01. The van der Waals surface area contributed by atoms with Gasteiger partial charge in [0.2, 0.25) is 0 Å². The Balaban J connectivity index is 1.93. The number of thiophene rings is 1. The monoisotopic (exact) mass is 327 g/mol. The van der Waals surface area contributed by atoms with Gasteiger partial charge in [0.25, 0.3) is 5.56 Å². The molecule has 22 heavy (non-hydrogen) atoms. The minimum atomic E-state index is -0.0742. The zero-order chi connectivity index (χ0) is 15.3. The molecule has 6 heteroatoms. The van der Waals surface area contributed by atoms with Gasteiger partial charge in [0, 0.05) is 16.3 Å². The molecule has 1 aliphatic rings. The minimum Gasteiger partial charge on any atom is -0.266 e. The van der Waals surface area contributed by atoms with Gasteiger partial charge in [-0.05, 0) is 25.5 Å². The smallest absolute Gasteiger partial charge is 0.266 e. The molecule has 110 valence electrons. The van der Waals surface area contributed by atoms with Gasteiger partial charge in [0.15, 0.2) is 5.16 Å². The van der Waals surface area contributed by atoms with E-state index < -0.39 is 0 Å². The van der Waals surface area contributed by atoms with Crippen LogP contribution in [0.5, 0.6) is 0 Å². The van der Waals surface area contributed by atoms with Crippen LogP contribution in [0.15, 0.2) is 45.4 Å². The van der Waals surface area contributed by atoms with E-state index in [1.54, 1.807) is 11.8 Å². The summed E-state index contributed by atoms with van der Waals surface area (Å²) in [5.41, 5.74) is 3.97. The van der Waals surface area contributed by atoms with Crippen molar-refractivity contribution < 1.29 is 0 Å². The quantitative estimate of drug-likeness (QED) is 0.639. The first kappa shape index (κ1) is 13.7. The second-order valence-corrected chi connectivity index (χ2v) is 7.32. The van der Waals surface area contributed by atoms with Crippen LogP contribution in [0.4, 0.5) is 0 Å². The fourth-order valence-electron chi connectivity index (χ4n) is 2.36. The summed E-state index contributed by atoms with van der Waals surface area (Å²) >= 11 is 3.04. The molecule has 0 aliphatic carbocycles. The van der Waals surface area contributed by atoms with Crippen LogP contribution in [-0.2, 0) is 0 Å². The SMILES string of the molecule is CC1=Nn2c(nc3cc(-c4ccc(C)cc4)sc3c2=O)SC1. The van der Waals surface area contributed by atoms with Gasteiger partial charge < -0.3 is 0 Å². The normalized spacial score (nSPS) is 14.0. The first-order chi connectivity index (χ1) is 10.6. The van der Waals surface area contributed by atoms with Crippen molar-refractivity contribution >= 4 is 39.0 Å². The van der Waals surface area contributed by atoms with E-state index in [-0.39, 0.29) is 5.56 Å². The van der Waals surface area contributed by atoms with Crippen molar-refractivity contribution in [1.29, 1.82) is 0 Å². The molecular weight excluding hydrogens is 314 g/mol. The maximum atomic E-state index is 12.6. The molecule has 4 nitrogen and oxygen atoms in total. The van der Waals surface area contributed by atoms with E-state index in [0.29, 0.717) is 9.86 Å². The Morgan fingerprint density at radius 1 is 1.18 bits per heavy atom. The van der Waals surface area contributed by atoms with Gasteiger partial charge in [-0.3, -0.25) is 4.79 Å². The number of aromatic nitrogens is 2. The van der Waals surface area contributed by atoms with Gasteiger partial charge in [-0.1, -0.05) is 41.6 Å². The van der Waals surface area contributed by atoms with Crippen LogP contribution in [0.1, 0.15) is 12.5 Å². The van der Waals surface area contributed by atoms with Crippen molar-refractivity contribution in [2.75, 3.05) is 5.75 Å². The maximum absolute atomic E-state index is 12.6. The lowest BCUT2D eigenvalue weighted by Gasteiger charge is -2.12. The number of hydrogen-bond donors (Lipinski definition) is 0. The lowest BCUT2D eigenvalue weighted by Crippen LogP contribution is -2.23. The van der Waals surface area contributed by atoms with Crippen LogP contribution >= 0.6 is 23.1 Å². The summed E-state index contributed by atoms with van der Waals surface area (Å²) in [6, 6.07) is 10.3. The summed E-state index contributed by atoms with van der Waals surface area (Å²) in [4.78, 5) is 18.3. The van der Waals surface area contributed by atoms with E-state index in [9.17, 15) is 4.79 Å². The Bertz CT molecular complexity index is 967. The van der Waals surface area contributed by atoms with Crippen LogP contribution in [0.25, 0.3) is 20.7 Å². The van der Waals surface area contributed by atoms with Crippen LogP contribution in [0, 0.1) is 6.92 Å². The fourth-order valence-corrected chi connectivity index (χ4v) is 4.19. The lowest BCUT2D eigenvalue weighted by atomic mass is 10.1. The third-order valence-corrected chi connectivity index (χ3v) is 5.76. The van der Waals surface area contributed by atoms with E-state index in [4.69, 9.17) is 0 Å². The van der Waals surface area contributed by atoms with E-state index in [2.05, 4.69) is 41.3 Å². The molecule has 0 amide bonds. The molecule has 0 bridgehead atoms. The van der Waals surface area contributed by atoms with E-state index in [0.717, 1.165) is 27.4 Å². The van der Waals surface area contributed by atoms with Gasteiger partial charge in [0.1, 0.15) is 4.70 Å². The van der Waals surface area contributed by atoms with Gasteiger partial charge >= 0.3 is 0 Å². The first-order valence-corrected chi connectivity index (χ1v) is 8.73. The van der Waals surface area contributed by atoms with Crippen molar-refractivity contribution in [2.24, 2.45) is 5.10 Å². The molecule has 0 unspecified atom stereocenters. The van der Waals surface area contributed by atoms with E-state index >= 15 is 0 Å². The topological polar surface area (TPSA) is 47.2 Å². The Labute approximate surface area is 135 Å². The van der Waals surface area contributed by atoms with Gasteiger partial charge in [-0.15, -0.1) is 11.3 Å². The molecule has 0 radical (unpaired) electrons. The maximum Gasteiger partial charge on any atom is 0.292 e. The average Bonchev–Trinajstić information content (AvgIpc) is 2.93. The molecule has 0 fully saturated rings. The van der Waals surface area contributed by atoms with Crippen molar-refractivity contribution in [2.45, 2.75) is 19.0 Å².